The first kappa shape index (κ1) is 13.7. The molecule has 20 heavy (non-hydrogen) atoms. The molecule has 1 aromatic heterocycles. The molecular formula is C13H12FN3O3. The van der Waals surface area contributed by atoms with E-state index in [4.69, 9.17) is 10.2 Å². The van der Waals surface area contributed by atoms with Gasteiger partial charge in [0.2, 0.25) is 5.89 Å². The fraction of sp³-hybridized carbons (Fsp3) is 0.154. The number of hydrogen-bond acceptors (Lipinski definition) is 6. The highest BCUT2D eigenvalue weighted by Crippen LogP contribution is 2.14. The van der Waals surface area contributed by atoms with Gasteiger partial charge in [0.1, 0.15) is 11.5 Å². The molecule has 0 bridgehead atoms. The van der Waals surface area contributed by atoms with Crippen LogP contribution in [0.1, 0.15) is 24.3 Å². The number of allylic oxidation sites excluding steroid dienone is 1. The molecule has 0 saturated heterocycles. The highest BCUT2D eigenvalue weighted by Gasteiger charge is 2.15. The number of carbonyl (C=O) groups excluding carboxylic acids is 1. The first-order chi connectivity index (χ1) is 9.47. The van der Waals surface area contributed by atoms with Gasteiger partial charge in [-0.05, 0) is 17.7 Å². The van der Waals surface area contributed by atoms with Crippen LogP contribution in [-0.4, -0.2) is 21.1 Å². The van der Waals surface area contributed by atoms with Gasteiger partial charge in [-0.2, -0.15) is 0 Å². The quantitative estimate of drug-likeness (QED) is 0.649. The molecule has 0 radical (unpaired) electrons. The van der Waals surface area contributed by atoms with E-state index in [9.17, 15) is 14.3 Å². The van der Waals surface area contributed by atoms with Crippen molar-refractivity contribution < 1.29 is 18.7 Å². The molecule has 0 spiro atoms. The summed E-state index contributed by atoms with van der Waals surface area (Å²) in [7, 11) is 0. The SMILES string of the molecule is CC(=O)/C(O)=C(\N)c1nnc(Cc2ccc(F)cc2)o1. The Morgan fingerprint density at radius 2 is 2.00 bits per heavy atom. The highest BCUT2D eigenvalue weighted by atomic mass is 19.1. The Labute approximate surface area is 113 Å². The number of aromatic nitrogens is 2. The number of hydrogen-bond donors (Lipinski definition) is 2. The van der Waals surface area contributed by atoms with Crippen molar-refractivity contribution in [2.24, 2.45) is 5.73 Å². The van der Waals surface area contributed by atoms with E-state index < -0.39 is 11.5 Å². The van der Waals surface area contributed by atoms with Crippen LogP contribution in [-0.2, 0) is 11.2 Å². The van der Waals surface area contributed by atoms with Crippen molar-refractivity contribution in [1.82, 2.24) is 10.2 Å². The molecule has 104 valence electrons. The van der Waals surface area contributed by atoms with Crippen LogP contribution >= 0.6 is 0 Å². The predicted molar refractivity (Wildman–Crippen MR) is 67.9 cm³/mol. The summed E-state index contributed by atoms with van der Waals surface area (Å²) in [6.07, 6.45) is 0.293. The number of nitrogens with zero attached hydrogens (tertiary/aromatic N) is 2. The van der Waals surface area contributed by atoms with E-state index in [0.29, 0.717) is 6.42 Å². The van der Waals surface area contributed by atoms with Gasteiger partial charge >= 0.3 is 0 Å². The minimum Gasteiger partial charge on any atom is -0.503 e. The molecule has 0 aliphatic heterocycles. The first-order valence-corrected chi connectivity index (χ1v) is 5.74. The second-order valence-corrected chi connectivity index (χ2v) is 4.12. The van der Waals surface area contributed by atoms with Gasteiger partial charge in [-0.25, -0.2) is 4.39 Å². The van der Waals surface area contributed by atoms with E-state index in [-0.39, 0.29) is 23.3 Å². The van der Waals surface area contributed by atoms with Crippen molar-refractivity contribution in [2.75, 3.05) is 0 Å². The summed E-state index contributed by atoms with van der Waals surface area (Å²) in [5.41, 5.74) is 6.04. The van der Waals surface area contributed by atoms with Crippen LogP contribution in [0.25, 0.3) is 5.70 Å². The van der Waals surface area contributed by atoms with Crippen LogP contribution in [0.5, 0.6) is 0 Å². The number of Topliss-reactive ketones (excluding diaryl/α,β-unsaturated/α-hetero) is 1. The Balaban J connectivity index is 2.19. The summed E-state index contributed by atoms with van der Waals surface area (Å²) in [5.74, 6) is -1.44. The Morgan fingerprint density at radius 1 is 1.35 bits per heavy atom. The smallest absolute Gasteiger partial charge is 0.267 e. The highest BCUT2D eigenvalue weighted by molar-refractivity contribution is 5.97. The van der Waals surface area contributed by atoms with Crippen molar-refractivity contribution in [2.45, 2.75) is 13.3 Å². The fourth-order valence-electron chi connectivity index (χ4n) is 1.50. The number of carbonyl (C=O) groups is 1. The summed E-state index contributed by atoms with van der Waals surface area (Å²) < 4.78 is 18.0. The zero-order valence-corrected chi connectivity index (χ0v) is 10.6. The number of nitrogens with two attached hydrogens (primary N) is 1. The second-order valence-electron chi connectivity index (χ2n) is 4.12. The molecule has 0 atom stereocenters. The monoisotopic (exact) mass is 277 g/mol. The van der Waals surface area contributed by atoms with Crippen molar-refractivity contribution in [1.29, 1.82) is 0 Å². The van der Waals surface area contributed by atoms with Crippen molar-refractivity contribution in [3.8, 4) is 0 Å². The van der Waals surface area contributed by atoms with Crippen LogP contribution in [0.3, 0.4) is 0 Å². The molecule has 1 aromatic carbocycles. The molecule has 0 unspecified atom stereocenters. The molecule has 1 heterocycles. The number of benzene rings is 1. The van der Waals surface area contributed by atoms with Gasteiger partial charge in [-0.15, -0.1) is 10.2 Å². The fourth-order valence-corrected chi connectivity index (χ4v) is 1.50. The second kappa shape index (κ2) is 5.52. The maximum absolute atomic E-state index is 12.8. The molecular weight excluding hydrogens is 265 g/mol. The normalized spacial score (nSPS) is 12.1. The number of rotatable bonds is 4. The zero-order chi connectivity index (χ0) is 14.7. The summed E-state index contributed by atoms with van der Waals surface area (Å²) >= 11 is 0. The molecule has 0 saturated carbocycles. The number of ketones is 1. The minimum absolute atomic E-state index is 0.130. The Morgan fingerprint density at radius 3 is 2.60 bits per heavy atom. The number of aliphatic hydroxyl groups excluding tert-OH is 1. The first-order valence-electron chi connectivity index (χ1n) is 5.74. The van der Waals surface area contributed by atoms with Crippen molar-refractivity contribution in [3.05, 3.63) is 53.2 Å². The Kier molecular flexibility index (Phi) is 3.79. The molecule has 2 aromatic rings. The Bertz CT molecular complexity index is 662. The van der Waals surface area contributed by atoms with Gasteiger partial charge in [0.15, 0.2) is 11.5 Å². The van der Waals surface area contributed by atoms with E-state index in [1.54, 1.807) is 12.1 Å². The van der Waals surface area contributed by atoms with Gasteiger partial charge in [0.25, 0.3) is 5.89 Å². The van der Waals surface area contributed by atoms with Crippen LogP contribution < -0.4 is 5.73 Å². The summed E-state index contributed by atoms with van der Waals surface area (Å²) in [6, 6.07) is 5.82. The summed E-state index contributed by atoms with van der Waals surface area (Å²) in [4.78, 5) is 11.0. The Hall–Kier alpha value is -2.70. The van der Waals surface area contributed by atoms with Gasteiger partial charge in [0, 0.05) is 6.92 Å². The van der Waals surface area contributed by atoms with E-state index in [1.165, 1.54) is 12.1 Å². The van der Waals surface area contributed by atoms with Crippen molar-refractivity contribution >= 4 is 11.5 Å². The molecule has 0 fully saturated rings. The summed E-state index contributed by atoms with van der Waals surface area (Å²) in [6.45, 7) is 1.16. The number of halogens is 1. The third-order valence-electron chi connectivity index (χ3n) is 2.55. The van der Waals surface area contributed by atoms with Gasteiger partial charge in [-0.1, -0.05) is 12.1 Å². The van der Waals surface area contributed by atoms with Gasteiger partial charge in [-0.3, -0.25) is 4.79 Å². The molecule has 2 rings (SSSR count). The van der Waals surface area contributed by atoms with Gasteiger partial charge < -0.3 is 15.3 Å². The standard InChI is InChI=1S/C13H12FN3O3/c1-7(18)12(19)11(15)13-17-16-10(20-13)6-8-2-4-9(14)5-3-8/h2-5,19H,6,15H2,1H3/b12-11+. The summed E-state index contributed by atoms with van der Waals surface area (Å²) in [5, 5.41) is 16.8. The van der Waals surface area contributed by atoms with E-state index in [2.05, 4.69) is 10.2 Å². The third-order valence-corrected chi connectivity index (χ3v) is 2.55. The van der Waals surface area contributed by atoms with E-state index in [1.807, 2.05) is 0 Å². The van der Waals surface area contributed by atoms with Crippen LogP contribution in [0.15, 0.2) is 34.4 Å². The lowest BCUT2D eigenvalue weighted by Crippen LogP contribution is -2.07. The molecule has 0 aliphatic rings. The minimum atomic E-state index is -0.623. The van der Waals surface area contributed by atoms with Crippen LogP contribution in [0, 0.1) is 5.82 Å². The molecule has 0 amide bonds. The third kappa shape index (κ3) is 3.00. The average molecular weight is 277 g/mol. The van der Waals surface area contributed by atoms with Crippen LogP contribution in [0.2, 0.25) is 0 Å². The van der Waals surface area contributed by atoms with Crippen molar-refractivity contribution in [3.63, 3.8) is 0 Å². The van der Waals surface area contributed by atoms with E-state index >= 15 is 0 Å². The molecule has 3 N–H and O–H groups in total. The number of aliphatic hydroxyl groups is 1. The largest absolute Gasteiger partial charge is 0.503 e. The maximum atomic E-state index is 12.8. The maximum Gasteiger partial charge on any atom is 0.267 e. The lowest BCUT2D eigenvalue weighted by molar-refractivity contribution is -0.115. The van der Waals surface area contributed by atoms with E-state index in [0.717, 1.165) is 12.5 Å². The lowest BCUT2D eigenvalue weighted by atomic mass is 10.1. The molecule has 6 nitrogen and oxygen atoms in total. The van der Waals surface area contributed by atoms with Gasteiger partial charge in [0.05, 0.1) is 6.42 Å². The average Bonchev–Trinajstić information content (AvgIpc) is 2.88. The zero-order valence-electron chi connectivity index (χ0n) is 10.6. The van der Waals surface area contributed by atoms with Crippen LogP contribution in [0.4, 0.5) is 4.39 Å². The topological polar surface area (TPSA) is 102 Å². The lowest BCUT2D eigenvalue weighted by Gasteiger charge is -1.98. The molecule has 0 aliphatic carbocycles. The predicted octanol–water partition coefficient (Wildman–Crippen LogP) is 1.57. The molecule has 7 heteroatoms.